The molecule has 0 bridgehead atoms. The van der Waals surface area contributed by atoms with Gasteiger partial charge in [-0.1, -0.05) is 13.0 Å². The first-order valence-corrected chi connectivity index (χ1v) is 15.1. The van der Waals surface area contributed by atoms with Gasteiger partial charge in [-0.25, -0.2) is 18.2 Å². The number of fused-ring (bicyclic) bond motifs is 3. The molecule has 226 valence electrons. The van der Waals surface area contributed by atoms with Crippen LogP contribution in [0.2, 0.25) is 0 Å². The number of phenolic OH excluding ortho intramolecular Hbond substituents is 1. The predicted octanol–water partition coefficient (Wildman–Crippen LogP) is 6.27. The maximum absolute atomic E-state index is 16.7. The molecule has 8 nitrogen and oxygen atoms in total. The molecular formula is C32H34F3N5O3. The molecule has 3 saturated heterocycles. The van der Waals surface area contributed by atoms with Crippen LogP contribution < -0.4 is 9.80 Å². The monoisotopic (exact) mass is 593 g/mol. The number of nitrogens with zero attached hydrogens (tertiary/aromatic N) is 5. The van der Waals surface area contributed by atoms with Gasteiger partial charge in [0.15, 0.2) is 11.6 Å². The number of pyridine rings is 1. The zero-order chi connectivity index (χ0) is 29.7. The summed E-state index contributed by atoms with van der Waals surface area (Å²) in [6.07, 6.45) is 5.85. The van der Waals surface area contributed by atoms with Gasteiger partial charge in [0, 0.05) is 31.3 Å². The van der Waals surface area contributed by atoms with Gasteiger partial charge in [0.05, 0.1) is 17.5 Å². The van der Waals surface area contributed by atoms with E-state index in [1.54, 1.807) is 11.1 Å². The van der Waals surface area contributed by atoms with Crippen molar-refractivity contribution in [3.63, 3.8) is 0 Å². The van der Waals surface area contributed by atoms with Crippen molar-refractivity contribution in [3.8, 4) is 23.0 Å². The smallest absolute Gasteiger partial charge is 0.319 e. The molecule has 0 radical (unpaired) electrons. The Bertz CT molecular complexity index is 1700. The SMILES string of the molecule is CCc1c(F)ccc2cc(O)cc(-c3ncc4c(N5CCCCCO5)nc(OC[C@@]56CCCN5C[C@H](F)C6)nc4c3F)c12. The Morgan fingerprint density at radius 3 is 2.86 bits per heavy atom. The van der Waals surface area contributed by atoms with E-state index < -0.39 is 23.3 Å². The Labute approximate surface area is 247 Å². The summed E-state index contributed by atoms with van der Waals surface area (Å²) in [4.78, 5) is 21.8. The van der Waals surface area contributed by atoms with Gasteiger partial charge in [-0.2, -0.15) is 9.97 Å². The summed E-state index contributed by atoms with van der Waals surface area (Å²) in [7, 11) is 0. The van der Waals surface area contributed by atoms with Crippen molar-refractivity contribution in [2.45, 2.75) is 63.6 Å². The highest BCUT2D eigenvalue weighted by molar-refractivity contribution is 6.01. The standard InChI is InChI=1S/C32H34F3N5O3/c1-2-22-25(34)8-7-19-13-21(41)14-23(26(19)22)28-27(35)29-24(16-36-28)30(40-11-4-3-5-12-43-40)38-31(37-29)42-18-32-9-6-10-39(32)17-20(33)15-32/h7-8,13-14,16,20,41H,2-6,9-12,15,17-18H2,1H3/t20-,32+/m1/s1. The molecule has 2 aromatic heterocycles. The van der Waals surface area contributed by atoms with Crippen LogP contribution in [-0.4, -0.2) is 69.5 Å². The van der Waals surface area contributed by atoms with Crippen LogP contribution in [0.5, 0.6) is 11.8 Å². The van der Waals surface area contributed by atoms with Crippen LogP contribution >= 0.6 is 0 Å². The van der Waals surface area contributed by atoms with Crippen LogP contribution in [0.1, 0.15) is 51.0 Å². The lowest BCUT2D eigenvalue weighted by atomic mass is 9.94. The molecule has 5 heterocycles. The molecule has 3 fully saturated rings. The van der Waals surface area contributed by atoms with Gasteiger partial charge in [-0.15, -0.1) is 0 Å². The maximum Gasteiger partial charge on any atom is 0.319 e. The van der Waals surface area contributed by atoms with E-state index in [9.17, 15) is 13.9 Å². The van der Waals surface area contributed by atoms with Gasteiger partial charge in [0.25, 0.3) is 0 Å². The molecule has 0 spiro atoms. The third kappa shape index (κ3) is 4.92. The van der Waals surface area contributed by atoms with Gasteiger partial charge in [-0.05, 0) is 79.6 Å². The van der Waals surface area contributed by atoms with Crippen molar-refractivity contribution in [2.24, 2.45) is 0 Å². The zero-order valence-electron chi connectivity index (χ0n) is 24.1. The Hall–Kier alpha value is -3.70. The minimum atomic E-state index is -0.913. The quantitative estimate of drug-likeness (QED) is 0.280. The van der Waals surface area contributed by atoms with Crippen molar-refractivity contribution in [1.29, 1.82) is 0 Å². The lowest BCUT2D eigenvalue weighted by Crippen LogP contribution is -2.43. The van der Waals surface area contributed by atoms with Gasteiger partial charge >= 0.3 is 6.01 Å². The van der Waals surface area contributed by atoms with Gasteiger partial charge in [0.1, 0.15) is 35.6 Å². The number of aromatic hydroxyl groups is 1. The van der Waals surface area contributed by atoms with Gasteiger partial charge in [-0.3, -0.25) is 14.7 Å². The Kier molecular flexibility index (Phi) is 7.25. The second kappa shape index (κ2) is 11.1. The van der Waals surface area contributed by atoms with Gasteiger partial charge in [0.2, 0.25) is 0 Å². The lowest BCUT2D eigenvalue weighted by Gasteiger charge is -2.31. The molecule has 0 saturated carbocycles. The summed E-state index contributed by atoms with van der Waals surface area (Å²) in [6.45, 7) is 4.26. The molecule has 2 atom stereocenters. The number of benzene rings is 2. The Balaban J connectivity index is 1.37. The molecule has 3 aliphatic rings. The third-order valence-electron chi connectivity index (χ3n) is 9.12. The summed E-state index contributed by atoms with van der Waals surface area (Å²) in [5.74, 6) is -0.906. The summed E-state index contributed by atoms with van der Waals surface area (Å²) in [6, 6.07) is 5.80. The maximum atomic E-state index is 16.7. The van der Waals surface area contributed by atoms with Crippen LogP contribution in [-0.2, 0) is 11.3 Å². The molecule has 0 amide bonds. The first-order chi connectivity index (χ1) is 20.9. The first-order valence-electron chi connectivity index (χ1n) is 15.1. The number of halogens is 3. The Morgan fingerprint density at radius 2 is 2.00 bits per heavy atom. The highest BCUT2D eigenvalue weighted by Gasteiger charge is 2.49. The molecule has 7 rings (SSSR count). The van der Waals surface area contributed by atoms with Crippen molar-refractivity contribution in [3.05, 3.63) is 47.7 Å². The van der Waals surface area contributed by atoms with Crippen molar-refractivity contribution >= 4 is 27.5 Å². The number of hydrogen-bond acceptors (Lipinski definition) is 8. The first kappa shape index (κ1) is 28.1. The Morgan fingerprint density at radius 1 is 1.12 bits per heavy atom. The average molecular weight is 594 g/mol. The predicted molar refractivity (Wildman–Crippen MR) is 157 cm³/mol. The highest BCUT2D eigenvalue weighted by Crippen LogP contribution is 2.42. The lowest BCUT2D eigenvalue weighted by molar-refractivity contribution is 0.105. The molecule has 0 aliphatic carbocycles. The zero-order valence-corrected chi connectivity index (χ0v) is 24.1. The summed E-state index contributed by atoms with van der Waals surface area (Å²) in [5.41, 5.74) is 0.138. The number of aromatic nitrogens is 3. The minimum Gasteiger partial charge on any atom is -0.508 e. The summed E-state index contributed by atoms with van der Waals surface area (Å²) in [5, 5.41) is 13.6. The fraction of sp³-hybridized carbons (Fsp3) is 0.469. The number of hydrogen-bond donors (Lipinski definition) is 1. The average Bonchev–Trinajstić information content (AvgIpc) is 3.37. The van der Waals surface area contributed by atoms with Gasteiger partial charge < -0.3 is 9.84 Å². The van der Waals surface area contributed by atoms with Crippen LogP contribution in [0, 0.1) is 11.6 Å². The third-order valence-corrected chi connectivity index (χ3v) is 9.12. The summed E-state index contributed by atoms with van der Waals surface area (Å²) < 4.78 is 52.1. The molecule has 2 aromatic carbocycles. The van der Waals surface area contributed by atoms with E-state index in [-0.39, 0.29) is 35.1 Å². The number of rotatable bonds is 6. The topological polar surface area (TPSA) is 83.8 Å². The van der Waals surface area contributed by atoms with E-state index in [0.29, 0.717) is 60.1 Å². The molecular weight excluding hydrogens is 559 g/mol. The fourth-order valence-corrected chi connectivity index (χ4v) is 7.08. The fourth-order valence-electron chi connectivity index (χ4n) is 7.08. The molecule has 43 heavy (non-hydrogen) atoms. The molecule has 11 heteroatoms. The van der Waals surface area contributed by atoms with Crippen molar-refractivity contribution in [1.82, 2.24) is 19.9 Å². The number of anilines is 1. The van der Waals surface area contributed by atoms with Crippen LogP contribution in [0.15, 0.2) is 30.5 Å². The van der Waals surface area contributed by atoms with E-state index in [1.807, 2.05) is 6.92 Å². The molecule has 0 unspecified atom stereocenters. The molecule has 3 aliphatic heterocycles. The van der Waals surface area contributed by atoms with Crippen molar-refractivity contribution in [2.75, 3.05) is 37.9 Å². The van der Waals surface area contributed by atoms with Crippen LogP contribution in [0.25, 0.3) is 32.9 Å². The number of aryl methyl sites for hydroxylation is 1. The van der Waals surface area contributed by atoms with E-state index in [1.165, 1.54) is 24.4 Å². The van der Waals surface area contributed by atoms with Crippen LogP contribution in [0.3, 0.4) is 0 Å². The number of hydroxylamine groups is 1. The van der Waals surface area contributed by atoms with Crippen molar-refractivity contribution < 1.29 is 27.9 Å². The van der Waals surface area contributed by atoms with E-state index in [2.05, 4.69) is 19.9 Å². The van der Waals surface area contributed by atoms with Crippen LogP contribution in [0.4, 0.5) is 19.0 Å². The summed E-state index contributed by atoms with van der Waals surface area (Å²) >= 11 is 0. The second-order valence-electron chi connectivity index (χ2n) is 11.8. The number of phenols is 1. The molecule has 4 aromatic rings. The number of alkyl halides is 1. The van der Waals surface area contributed by atoms with E-state index >= 15 is 4.39 Å². The normalized spacial score (nSPS) is 22.8. The van der Waals surface area contributed by atoms with E-state index in [0.717, 1.165) is 38.6 Å². The second-order valence-corrected chi connectivity index (χ2v) is 11.8. The largest absolute Gasteiger partial charge is 0.508 e. The highest BCUT2D eigenvalue weighted by atomic mass is 19.1. The molecule has 1 N–H and O–H groups in total. The number of ether oxygens (including phenoxy) is 1. The minimum absolute atomic E-state index is 0.0284. The van der Waals surface area contributed by atoms with E-state index in [4.69, 9.17) is 9.57 Å².